The number of benzene rings is 1. The molecule has 2 amide bonds. The van der Waals surface area contributed by atoms with Gasteiger partial charge in [0.1, 0.15) is 18.2 Å². The maximum Gasteiger partial charge on any atom is 0.406 e. The van der Waals surface area contributed by atoms with Crippen LogP contribution in [0.5, 0.6) is 0 Å². The topological polar surface area (TPSA) is 52.7 Å². The van der Waals surface area contributed by atoms with Crippen LogP contribution < -0.4 is 5.32 Å². The van der Waals surface area contributed by atoms with E-state index in [1.54, 1.807) is 0 Å². The summed E-state index contributed by atoms with van der Waals surface area (Å²) in [7, 11) is 1.42. The minimum Gasteiger partial charge on any atom is -0.332 e. The van der Waals surface area contributed by atoms with Gasteiger partial charge in [-0.25, -0.2) is 8.78 Å². The van der Waals surface area contributed by atoms with Gasteiger partial charge in [0.25, 0.3) is 0 Å². The number of rotatable bonds is 5. The zero-order valence-electron chi connectivity index (χ0n) is 13.2. The van der Waals surface area contributed by atoms with Gasteiger partial charge in [0, 0.05) is 18.3 Å². The molecular weight excluding hydrogens is 349 g/mol. The van der Waals surface area contributed by atoms with Crippen molar-refractivity contribution >= 4 is 17.5 Å². The van der Waals surface area contributed by atoms with Gasteiger partial charge < -0.3 is 10.2 Å². The first-order valence-electron chi connectivity index (χ1n) is 7.37. The highest BCUT2D eigenvalue weighted by atomic mass is 19.4. The Morgan fingerprint density at radius 3 is 2.44 bits per heavy atom. The van der Waals surface area contributed by atoms with E-state index in [0.717, 1.165) is 12.1 Å². The molecule has 1 aromatic carbocycles. The van der Waals surface area contributed by atoms with Crippen LogP contribution in [-0.4, -0.2) is 60.5 Å². The van der Waals surface area contributed by atoms with Crippen LogP contribution in [0.1, 0.15) is 6.42 Å². The molecule has 25 heavy (non-hydrogen) atoms. The molecule has 1 fully saturated rings. The second kappa shape index (κ2) is 7.34. The molecule has 0 aromatic heterocycles. The van der Waals surface area contributed by atoms with Gasteiger partial charge in [-0.2, -0.15) is 13.2 Å². The molecule has 0 saturated carbocycles. The van der Waals surface area contributed by atoms with Crippen LogP contribution in [0, 0.1) is 11.6 Å². The Kier molecular flexibility index (Phi) is 5.61. The fraction of sp³-hybridized carbons (Fsp3) is 0.467. The van der Waals surface area contributed by atoms with Crippen molar-refractivity contribution in [1.82, 2.24) is 9.80 Å². The molecule has 1 aliphatic rings. The van der Waals surface area contributed by atoms with Crippen molar-refractivity contribution in [3.8, 4) is 0 Å². The highest BCUT2D eigenvalue weighted by Crippen LogP contribution is 2.23. The minimum atomic E-state index is -4.48. The molecule has 1 aromatic rings. The zero-order valence-corrected chi connectivity index (χ0v) is 13.2. The molecule has 1 atom stereocenters. The monoisotopic (exact) mass is 365 g/mol. The summed E-state index contributed by atoms with van der Waals surface area (Å²) >= 11 is 0. The van der Waals surface area contributed by atoms with Crippen LogP contribution in [0.25, 0.3) is 0 Å². The highest BCUT2D eigenvalue weighted by molar-refractivity contribution is 5.93. The maximum absolute atomic E-state index is 13.1. The van der Waals surface area contributed by atoms with Gasteiger partial charge in [0.05, 0.1) is 12.6 Å². The number of likely N-dealkylation sites (N-methyl/N-ethyl adjacent to an activating group) is 1. The Morgan fingerprint density at radius 1 is 1.28 bits per heavy atom. The number of carbonyl (C=O) groups excluding carboxylic acids is 2. The van der Waals surface area contributed by atoms with Crippen LogP contribution >= 0.6 is 0 Å². The van der Waals surface area contributed by atoms with E-state index in [9.17, 15) is 31.5 Å². The molecule has 1 saturated heterocycles. The number of nitrogens with one attached hydrogen (secondary N) is 1. The largest absolute Gasteiger partial charge is 0.406 e. The number of likely N-dealkylation sites (tertiary alicyclic amines) is 1. The number of anilines is 1. The lowest BCUT2D eigenvalue weighted by Gasteiger charge is -2.23. The van der Waals surface area contributed by atoms with Gasteiger partial charge in [-0.05, 0) is 25.6 Å². The average molecular weight is 365 g/mol. The molecule has 0 radical (unpaired) electrons. The molecule has 1 unspecified atom stereocenters. The second-order valence-corrected chi connectivity index (χ2v) is 5.80. The Morgan fingerprint density at radius 2 is 1.88 bits per heavy atom. The van der Waals surface area contributed by atoms with Crippen molar-refractivity contribution in [3.05, 3.63) is 29.8 Å². The fourth-order valence-corrected chi connectivity index (χ4v) is 2.67. The van der Waals surface area contributed by atoms with E-state index < -0.39 is 42.2 Å². The first-order valence-corrected chi connectivity index (χ1v) is 7.37. The summed E-state index contributed by atoms with van der Waals surface area (Å²) < 4.78 is 63.3. The quantitative estimate of drug-likeness (QED) is 0.812. The molecule has 1 heterocycles. The van der Waals surface area contributed by atoms with Crippen LogP contribution in [0.15, 0.2) is 18.2 Å². The SMILES string of the molecule is CN(CC(=O)Nc1cc(F)cc(F)c1)C1CCN(CC(F)(F)F)C1=O. The van der Waals surface area contributed by atoms with Gasteiger partial charge in [-0.3, -0.25) is 14.5 Å². The summed E-state index contributed by atoms with van der Waals surface area (Å²) in [5, 5.41) is 2.28. The van der Waals surface area contributed by atoms with Crippen LogP contribution in [0.2, 0.25) is 0 Å². The average Bonchev–Trinajstić information content (AvgIpc) is 2.76. The summed E-state index contributed by atoms with van der Waals surface area (Å²) in [4.78, 5) is 25.9. The van der Waals surface area contributed by atoms with Gasteiger partial charge in [-0.15, -0.1) is 0 Å². The van der Waals surface area contributed by atoms with Gasteiger partial charge in [0.2, 0.25) is 11.8 Å². The summed E-state index contributed by atoms with van der Waals surface area (Å²) in [6, 6.07) is 1.64. The van der Waals surface area contributed by atoms with Crippen molar-refractivity contribution in [2.45, 2.75) is 18.6 Å². The number of amides is 2. The van der Waals surface area contributed by atoms with Crippen molar-refractivity contribution < 1.29 is 31.5 Å². The second-order valence-electron chi connectivity index (χ2n) is 5.80. The number of halogens is 5. The highest BCUT2D eigenvalue weighted by Gasteiger charge is 2.40. The Hall–Kier alpha value is -2.23. The third-order valence-corrected chi connectivity index (χ3v) is 3.71. The van der Waals surface area contributed by atoms with E-state index in [-0.39, 0.29) is 25.2 Å². The maximum atomic E-state index is 13.1. The molecule has 0 spiro atoms. The predicted molar refractivity (Wildman–Crippen MR) is 78.7 cm³/mol. The van der Waals surface area contributed by atoms with E-state index in [2.05, 4.69) is 5.32 Å². The first-order chi connectivity index (χ1) is 11.5. The van der Waals surface area contributed by atoms with Crippen molar-refractivity contribution in [2.75, 3.05) is 32.0 Å². The molecule has 2 rings (SSSR count). The smallest absolute Gasteiger partial charge is 0.332 e. The molecule has 1 N–H and O–H groups in total. The molecule has 138 valence electrons. The van der Waals surface area contributed by atoms with Crippen molar-refractivity contribution in [3.63, 3.8) is 0 Å². The zero-order chi connectivity index (χ0) is 18.8. The van der Waals surface area contributed by atoms with Crippen LogP contribution in [0.3, 0.4) is 0 Å². The Bertz CT molecular complexity index is 645. The van der Waals surface area contributed by atoms with Gasteiger partial charge in [-0.1, -0.05) is 0 Å². The van der Waals surface area contributed by atoms with Crippen LogP contribution in [0.4, 0.5) is 27.6 Å². The predicted octanol–water partition coefficient (Wildman–Crippen LogP) is 2.00. The van der Waals surface area contributed by atoms with Crippen molar-refractivity contribution in [2.24, 2.45) is 0 Å². The van der Waals surface area contributed by atoms with Crippen molar-refractivity contribution in [1.29, 1.82) is 0 Å². The fourth-order valence-electron chi connectivity index (χ4n) is 2.67. The molecule has 0 aliphatic carbocycles. The van der Waals surface area contributed by atoms with Crippen LogP contribution in [-0.2, 0) is 9.59 Å². The molecule has 1 aliphatic heterocycles. The standard InChI is InChI=1S/C15H16F5N3O2/c1-22(12-2-3-23(14(12)25)8-15(18,19)20)7-13(24)21-11-5-9(16)4-10(17)6-11/h4-6,12H,2-3,7-8H2,1H3,(H,21,24). The summed E-state index contributed by atoms with van der Waals surface area (Å²) in [5.41, 5.74) is -0.0904. The number of carbonyl (C=O) groups is 2. The molecule has 5 nitrogen and oxygen atoms in total. The van der Waals surface area contributed by atoms with E-state index in [4.69, 9.17) is 0 Å². The minimum absolute atomic E-state index is 0.0515. The summed E-state index contributed by atoms with van der Waals surface area (Å²) in [5.74, 6) is -3.08. The van der Waals surface area contributed by atoms with E-state index in [1.807, 2.05) is 0 Å². The van der Waals surface area contributed by atoms with Gasteiger partial charge in [0.15, 0.2) is 0 Å². The molecule has 0 bridgehead atoms. The molecular formula is C15H16F5N3O2. The third-order valence-electron chi connectivity index (χ3n) is 3.71. The number of hydrogen-bond acceptors (Lipinski definition) is 3. The normalized spacial score (nSPS) is 18.1. The summed E-state index contributed by atoms with van der Waals surface area (Å²) in [6.07, 6.45) is -4.32. The number of nitrogens with zero attached hydrogens (tertiary/aromatic N) is 2. The summed E-state index contributed by atoms with van der Waals surface area (Å²) in [6.45, 7) is -1.69. The number of hydrogen-bond donors (Lipinski definition) is 1. The van der Waals surface area contributed by atoms with E-state index in [1.165, 1.54) is 11.9 Å². The van der Waals surface area contributed by atoms with E-state index in [0.29, 0.717) is 11.0 Å². The lowest BCUT2D eigenvalue weighted by atomic mass is 10.2. The molecule has 10 heteroatoms. The van der Waals surface area contributed by atoms with Gasteiger partial charge >= 0.3 is 6.18 Å². The lowest BCUT2D eigenvalue weighted by Crippen LogP contribution is -2.44. The lowest BCUT2D eigenvalue weighted by molar-refractivity contribution is -0.159. The Labute approximate surface area is 140 Å². The Balaban J connectivity index is 1.92. The van der Waals surface area contributed by atoms with E-state index >= 15 is 0 Å². The third kappa shape index (κ3) is 5.38. The number of alkyl halides is 3. The first kappa shape index (κ1) is 19.1.